The number of nitrogens with one attached hydrogen (secondary N) is 2. The molecule has 0 radical (unpaired) electrons. The van der Waals surface area contributed by atoms with Crippen molar-refractivity contribution in [2.24, 2.45) is 0 Å². The highest BCUT2D eigenvalue weighted by atomic mass is 35.5. The Kier molecular flexibility index (Phi) is 4.34. The predicted octanol–water partition coefficient (Wildman–Crippen LogP) is 0.0619. The first kappa shape index (κ1) is 13.8. The number of imide groups is 1. The maximum Gasteiger partial charge on any atom is 0.324 e. The maximum atomic E-state index is 11.8. The SMILES string of the molecule is CC1(C)C(=O)NCCN1C(=O)NC(=O)CCCl. The summed E-state index contributed by atoms with van der Waals surface area (Å²) in [6, 6.07) is -0.556. The number of carbonyl (C=O) groups is 3. The van der Waals surface area contributed by atoms with E-state index in [0.29, 0.717) is 13.1 Å². The number of carbonyl (C=O) groups excluding carboxylic acids is 3. The van der Waals surface area contributed by atoms with Crippen molar-refractivity contribution >= 4 is 29.4 Å². The van der Waals surface area contributed by atoms with Gasteiger partial charge in [-0.05, 0) is 13.8 Å². The monoisotopic (exact) mass is 261 g/mol. The Morgan fingerprint density at radius 2 is 2.18 bits per heavy atom. The lowest BCUT2D eigenvalue weighted by Crippen LogP contribution is -2.65. The van der Waals surface area contributed by atoms with Crippen LogP contribution in [0.1, 0.15) is 20.3 Å². The molecule has 96 valence electrons. The summed E-state index contributed by atoms with van der Waals surface area (Å²) in [5.41, 5.74) is -0.955. The zero-order valence-corrected chi connectivity index (χ0v) is 10.6. The Morgan fingerprint density at radius 1 is 1.53 bits per heavy atom. The molecule has 2 N–H and O–H groups in total. The summed E-state index contributed by atoms with van der Waals surface area (Å²) in [5, 5.41) is 4.88. The fourth-order valence-corrected chi connectivity index (χ4v) is 1.76. The van der Waals surface area contributed by atoms with Gasteiger partial charge in [0, 0.05) is 25.4 Å². The van der Waals surface area contributed by atoms with E-state index in [0.717, 1.165) is 0 Å². The Morgan fingerprint density at radius 3 is 2.76 bits per heavy atom. The van der Waals surface area contributed by atoms with Gasteiger partial charge in [-0.3, -0.25) is 14.9 Å². The first-order chi connectivity index (χ1) is 7.89. The van der Waals surface area contributed by atoms with Crippen LogP contribution in [0.5, 0.6) is 0 Å². The lowest BCUT2D eigenvalue weighted by Gasteiger charge is -2.40. The minimum absolute atomic E-state index is 0.0771. The van der Waals surface area contributed by atoms with Crippen LogP contribution in [0, 0.1) is 0 Å². The van der Waals surface area contributed by atoms with E-state index in [9.17, 15) is 14.4 Å². The molecular formula is C10H16ClN3O3. The highest BCUT2D eigenvalue weighted by molar-refractivity contribution is 6.19. The molecule has 0 spiro atoms. The van der Waals surface area contributed by atoms with Gasteiger partial charge in [0.2, 0.25) is 11.8 Å². The summed E-state index contributed by atoms with van der Waals surface area (Å²) in [4.78, 5) is 36.0. The van der Waals surface area contributed by atoms with Crippen LogP contribution in [0.3, 0.4) is 0 Å². The summed E-state index contributed by atoms with van der Waals surface area (Å²) < 4.78 is 0. The van der Waals surface area contributed by atoms with Gasteiger partial charge in [-0.25, -0.2) is 4.79 Å². The summed E-state index contributed by atoms with van der Waals surface area (Å²) in [6.07, 6.45) is 0.0771. The fraction of sp³-hybridized carbons (Fsp3) is 0.700. The van der Waals surface area contributed by atoms with Crippen molar-refractivity contribution in [3.8, 4) is 0 Å². The van der Waals surface area contributed by atoms with E-state index < -0.39 is 17.5 Å². The molecule has 0 bridgehead atoms. The van der Waals surface area contributed by atoms with Gasteiger partial charge in [0.1, 0.15) is 5.54 Å². The van der Waals surface area contributed by atoms with Crippen LogP contribution in [0.15, 0.2) is 0 Å². The molecule has 17 heavy (non-hydrogen) atoms. The van der Waals surface area contributed by atoms with Crippen LogP contribution in [-0.2, 0) is 9.59 Å². The van der Waals surface area contributed by atoms with E-state index in [2.05, 4.69) is 10.6 Å². The standard InChI is InChI=1S/C10H16ClN3O3/c1-10(2)8(16)12-5-6-14(10)9(17)13-7(15)3-4-11/h3-6H2,1-2H3,(H,12,16)(H,13,15,17). The van der Waals surface area contributed by atoms with Crippen LogP contribution < -0.4 is 10.6 Å². The van der Waals surface area contributed by atoms with Crippen LogP contribution in [0.25, 0.3) is 0 Å². The van der Waals surface area contributed by atoms with Gasteiger partial charge >= 0.3 is 6.03 Å². The van der Waals surface area contributed by atoms with Crippen LogP contribution in [0.2, 0.25) is 0 Å². The van der Waals surface area contributed by atoms with E-state index >= 15 is 0 Å². The second kappa shape index (κ2) is 5.35. The van der Waals surface area contributed by atoms with Crippen LogP contribution in [-0.4, -0.2) is 47.3 Å². The average Bonchev–Trinajstić information content (AvgIpc) is 2.22. The molecule has 1 aliphatic heterocycles. The first-order valence-corrected chi connectivity index (χ1v) is 5.88. The lowest BCUT2D eigenvalue weighted by molar-refractivity contribution is -0.133. The van der Waals surface area contributed by atoms with Crippen LogP contribution >= 0.6 is 11.6 Å². The van der Waals surface area contributed by atoms with Gasteiger partial charge in [-0.15, -0.1) is 11.6 Å². The van der Waals surface area contributed by atoms with Crippen molar-refractivity contribution in [1.82, 2.24) is 15.5 Å². The molecule has 6 nitrogen and oxygen atoms in total. The normalized spacial score (nSPS) is 18.5. The molecule has 0 aromatic heterocycles. The quantitative estimate of drug-likeness (QED) is 0.690. The minimum Gasteiger partial charge on any atom is -0.352 e. The number of urea groups is 1. The Labute approximate surface area is 105 Å². The average molecular weight is 262 g/mol. The molecule has 1 fully saturated rings. The van der Waals surface area contributed by atoms with Crippen molar-refractivity contribution in [2.45, 2.75) is 25.8 Å². The molecule has 7 heteroatoms. The number of rotatable bonds is 2. The Hall–Kier alpha value is -1.30. The van der Waals surface area contributed by atoms with Crippen molar-refractivity contribution in [3.05, 3.63) is 0 Å². The number of hydrogen-bond acceptors (Lipinski definition) is 3. The van der Waals surface area contributed by atoms with E-state index in [1.807, 2.05) is 0 Å². The van der Waals surface area contributed by atoms with Gasteiger partial charge in [0.15, 0.2) is 0 Å². The van der Waals surface area contributed by atoms with E-state index in [1.165, 1.54) is 4.90 Å². The Balaban J connectivity index is 2.68. The molecule has 0 aromatic carbocycles. The summed E-state index contributed by atoms with van der Waals surface area (Å²) in [5.74, 6) is -0.515. The largest absolute Gasteiger partial charge is 0.352 e. The number of piperazine rings is 1. The van der Waals surface area contributed by atoms with Crippen molar-refractivity contribution < 1.29 is 14.4 Å². The molecule has 1 aliphatic rings. The fourth-order valence-electron chi connectivity index (χ4n) is 1.59. The lowest BCUT2D eigenvalue weighted by atomic mass is 9.99. The van der Waals surface area contributed by atoms with E-state index in [-0.39, 0.29) is 18.2 Å². The van der Waals surface area contributed by atoms with Gasteiger partial charge in [0.25, 0.3) is 0 Å². The topological polar surface area (TPSA) is 78.5 Å². The molecule has 1 heterocycles. The van der Waals surface area contributed by atoms with Crippen molar-refractivity contribution in [3.63, 3.8) is 0 Å². The molecule has 1 rings (SSSR count). The van der Waals surface area contributed by atoms with E-state index in [1.54, 1.807) is 13.8 Å². The smallest absolute Gasteiger partial charge is 0.324 e. The predicted molar refractivity (Wildman–Crippen MR) is 62.7 cm³/mol. The maximum absolute atomic E-state index is 11.8. The van der Waals surface area contributed by atoms with Crippen molar-refractivity contribution in [2.75, 3.05) is 19.0 Å². The summed E-state index contributed by atoms with van der Waals surface area (Å²) >= 11 is 5.39. The van der Waals surface area contributed by atoms with Gasteiger partial charge in [-0.2, -0.15) is 0 Å². The van der Waals surface area contributed by atoms with Gasteiger partial charge in [0.05, 0.1) is 0 Å². The number of alkyl halides is 1. The van der Waals surface area contributed by atoms with E-state index in [4.69, 9.17) is 11.6 Å². The van der Waals surface area contributed by atoms with Gasteiger partial charge < -0.3 is 10.2 Å². The highest BCUT2D eigenvalue weighted by Crippen LogP contribution is 2.17. The zero-order valence-electron chi connectivity index (χ0n) is 9.88. The van der Waals surface area contributed by atoms with Crippen molar-refractivity contribution in [1.29, 1.82) is 0 Å². The number of hydrogen-bond donors (Lipinski definition) is 2. The number of amides is 4. The molecule has 0 aliphatic carbocycles. The molecule has 1 saturated heterocycles. The summed E-state index contributed by atoms with van der Waals surface area (Å²) in [6.45, 7) is 4.03. The highest BCUT2D eigenvalue weighted by Gasteiger charge is 2.40. The third kappa shape index (κ3) is 3.09. The Bertz CT molecular complexity index is 344. The minimum atomic E-state index is -0.955. The first-order valence-electron chi connectivity index (χ1n) is 5.35. The molecule has 0 unspecified atom stereocenters. The molecule has 0 atom stereocenters. The number of halogens is 1. The second-order valence-electron chi connectivity index (χ2n) is 4.26. The van der Waals surface area contributed by atoms with Gasteiger partial charge in [-0.1, -0.05) is 0 Å². The third-order valence-electron chi connectivity index (χ3n) is 2.66. The summed E-state index contributed by atoms with van der Waals surface area (Å²) in [7, 11) is 0. The molecular weight excluding hydrogens is 246 g/mol. The zero-order chi connectivity index (χ0) is 13.1. The number of nitrogens with zero attached hydrogens (tertiary/aromatic N) is 1. The van der Waals surface area contributed by atoms with Crippen LogP contribution in [0.4, 0.5) is 4.79 Å². The third-order valence-corrected chi connectivity index (χ3v) is 2.85. The molecule has 4 amide bonds. The molecule has 0 aromatic rings. The molecule has 0 saturated carbocycles. The second-order valence-corrected chi connectivity index (χ2v) is 4.64.